The first-order valence-corrected chi connectivity index (χ1v) is 11.1. The number of halogens is 1. The Morgan fingerprint density at radius 1 is 0.871 bits per heavy atom. The average Bonchev–Trinajstić information content (AvgIpc) is 2.77. The molecule has 2 amide bonds. The van der Waals surface area contributed by atoms with Gasteiger partial charge in [0.2, 0.25) is 11.8 Å². The molecule has 1 N–H and O–H groups in total. The summed E-state index contributed by atoms with van der Waals surface area (Å²) in [5, 5.41) is 9.27. The number of phenolic OH excluding ortho intramolecular Hbond substituents is 1. The highest BCUT2D eigenvalue weighted by Crippen LogP contribution is 2.21. The monoisotopic (exact) mass is 490 g/mol. The SMILES string of the molecule is Cc1cc(OCCC(=O)N2CCN(C(=O)CCOc3ccc(O)cc3)CC2)ccc1Br. The highest BCUT2D eigenvalue weighted by atomic mass is 79.9. The minimum atomic E-state index is 0.0137. The van der Waals surface area contributed by atoms with Crippen molar-refractivity contribution in [2.75, 3.05) is 39.4 Å². The van der Waals surface area contributed by atoms with E-state index in [-0.39, 0.29) is 30.6 Å². The van der Waals surface area contributed by atoms with E-state index < -0.39 is 0 Å². The van der Waals surface area contributed by atoms with E-state index in [1.165, 1.54) is 0 Å². The van der Waals surface area contributed by atoms with E-state index in [1.807, 2.05) is 25.1 Å². The van der Waals surface area contributed by atoms with Crippen molar-refractivity contribution in [1.29, 1.82) is 0 Å². The summed E-state index contributed by atoms with van der Waals surface area (Å²) in [5.41, 5.74) is 1.08. The molecule has 0 atom stereocenters. The van der Waals surface area contributed by atoms with Crippen molar-refractivity contribution in [2.45, 2.75) is 19.8 Å². The number of amides is 2. The molecule has 166 valence electrons. The summed E-state index contributed by atoms with van der Waals surface area (Å²) in [6.45, 7) is 4.69. The van der Waals surface area contributed by atoms with Gasteiger partial charge in [0.05, 0.1) is 26.1 Å². The number of ether oxygens (including phenoxy) is 2. The van der Waals surface area contributed by atoms with Gasteiger partial charge < -0.3 is 24.4 Å². The van der Waals surface area contributed by atoms with Crippen LogP contribution in [0.4, 0.5) is 0 Å². The molecule has 0 unspecified atom stereocenters. The fourth-order valence-corrected chi connectivity index (χ4v) is 3.53. The molecule has 31 heavy (non-hydrogen) atoms. The molecule has 0 bridgehead atoms. The molecule has 1 saturated heterocycles. The fourth-order valence-electron chi connectivity index (χ4n) is 3.28. The van der Waals surface area contributed by atoms with Gasteiger partial charge in [-0.3, -0.25) is 9.59 Å². The van der Waals surface area contributed by atoms with Gasteiger partial charge in [0.15, 0.2) is 0 Å². The topological polar surface area (TPSA) is 79.3 Å². The van der Waals surface area contributed by atoms with E-state index >= 15 is 0 Å². The van der Waals surface area contributed by atoms with E-state index in [2.05, 4.69) is 15.9 Å². The number of carbonyl (C=O) groups is 2. The summed E-state index contributed by atoms with van der Waals surface area (Å²) in [6.07, 6.45) is 0.582. The lowest BCUT2D eigenvalue weighted by Gasteiger charge is -2.35. The summed E-state index contributed by atoms with van der Waals surface area (Å²) in [4.78, 5) is 28.4. The van der Waals surface area contributed by atoms with Crippen LogP contribution in [0.1, 0.15) is 18.4 Å². The molecule has 0 saturated carbocycles. The van der Waals surface area contributed by atoms with Gasteiger partial charge in [-0.05, 0) is 55.0 Å². The Morgan fingerprint density at radius 3 is 1.87 bits per heavy atom. The second-order valence-electron chi connectivity index (χ2n) is 7.36. The summed E-state index contributed by atoms with van der Waals surface area (Å²) < 4.78 is 12.2. The fraction of sp³-hybridized carbons (Fsp3) is 0.391. The molecule has 2 aromatic carbocycles. The van der Waals surface area contributed by atoms with E-state index in [4.69, 9.17) is 9.47 Å². The standard InChI is InChI=1S/C23H27BrN2O5/c1-17-16-20(6-7-21(17)24)31-15-9-23(29)26-12-10-25(11-13-26)22(28)8-14-30-19-4-2-18(27)3-5-19/h2-7,16,27H,8-15H2,1H3. The van der Waals surface area contributed by atoms with Gasteiger partial charge in [-0.25, -0.2) is 0 Å². The average molecular weight is 491 g/mol. The van der Waals surface area contributed by atoms with E-state index in [0.29, 0.717) is 45.0 Å². The third-order valence-electron chi connectivity index (χ3n) is 5.12. The number of nitrogens with zero attached hydrogens (tertiary/aromatic N) is 2. The summed E-state index contributed by atoms with van der Waals surface area (Å²) in [6, 6.07) is 12.1. The molecule has 1 aliphatic rings. The zero-order valence-corrected chi connectivity index (χ0v) is 19.1. The number of rotatable bonds is 8. The number of aromatic hydroxyl groups is 1. The maximum absolute atomic E-state index is 12.4. The minimum absolute atomic E-state index is 0.0137. The zero-order valence-electron chi connectivity index (χ0n) is 17.6. The number of benzene rings is 2. The Labute approximate surface area is 190 Å². The van der Waals surface area contributed by atoms with Gasteiger partial charge in [0, 0.05) is 30.7 Å². The third kappa shape index (κ3) is 6.89. The van der Waals surface area contributed by atoms with Gasteiger partial charge in [0.25, 0.3) is 0 Å². The second kappa shape index (κ2) is 11.0. The minimum Gasteiger partial charge on any atom is -0.508 e. The number of piperazine rings is 1. The van der Waals surface area contributed by atoms with Gasteiger partial charge in [-0.15, -0.1) is 0 Å². The number of carbonyl (C=O) groups excluding carboxylic acids is 2. The Balaban J connectivity index is 1.33. The lowest BCUT2D eigenvalue weighted by atomic mass is 10.2. The van der Waals surface area contributed by atoms with E-state index in [0.717, 1.165) is 15.8 Å². The van der Waals surface area contributed by atoms with Gasteiger partial charge >= 0.3 is 0 Å². The first kappa shape index (κ1) is 22.9. The summed E-state index contributed by atoms with van der Waals surface area (Å²) >= 11 is 3.46. The lowest BCUT2D eigenvalue weighted by molar-refractivity contribution is -0.140. The smallest absolute Gasteiger partial charge is 0.226 e. The molecule has 1 aliphatic heterocycles. The quantitative estimate of drug-likeness (QED) is 0.613. The maximum Gasteiger partial charge on any atom is 0.226 e. The highest BCUT2D eigenvalue weighted by molar-refractivity contribution is 9.10. The van der Waals surface area contributed by atoms with Gasteiger partial charge in [0.1, 0.15) is 17.2 Å². The van der Waals surface area contributed by atoms with Crippen molar-refractivity contribution in [3.05, 3.63) is 52.5 Å². The van der Waals surface area contributed by atoms with Gasteiger partial charge in [-0.2, -0.15) is 0 Å². The number of phenols is 1. The van der Waals surface area contributed by atoms with Crippen molar-refractivity contribution < 1.29 is 24.2 Å². The molecule has 0 aromatic heterocycles. The van der Waals surface area contributed by atoms with Crippen LogP contribution < -0.4 is 9.47 Å². The van der Waals surface area contributed by atoms with Crippen LogP contribution in [-0.4, -0.2) is 66.1 Å². The Bertz CT molecular complexity index is 895. The Kier molecular flexibility index (Phi) is 8.17. The Morgan fingerprint density at radius 2 is 1.35 bits per heavy atom. The zero-order chi connectivity index (χ0) is 22.2. The van der Waals surface area contributed by atoms with Crippen LogP contribution >= 0.6 is 15.9 Å². The predicted molar refractivity (Wildman–Crippen MR) is 120 cm³/mol. The number of aryl methyl sites for hydroxylation is 1. The van der Waals surface area contributed by atoms with Crippen molar-refractivity contribution in [1.82, 2.24) is 9.80 Å². The normalized spacial score (nSPS) is 13.7. The predicted octanol–water partition coefficient (Wildman–Crippen LogP) is 3.37. The first-order chi connectivity index (χ1) is 14.9. The van der Waals surface area contributed by atoms with Crippen LogP contribution in [0.5, 0.6) is 17.2 Å². The summed E-state index contributed by atoms with van der Waals surface area (Å²) in [7, 11) is 0. The second-order valence-corrected chi connectivity index (χ2v) is 8.22. The van der Waals surface area contributed by atoms with Crippen molar-refractivity contribution in [2.24, 2.45) is 0 Å². The molecular weight excluding hydrogens is 464 g/mol. The van der Waals surface area contributed by atoms with Crippen molar-refractivity contribution in [3.63, 3.8) is 0 Å². The maximum atomic E-state index is 12.4. The van der Waals surface area contributed by atoms with Crippen LogP contribution in [0.2, 0.25) is 0 Å². The molecule has 3 rings (SSSR count). The van der Waals surface area contributed by atoms with Crippen LogP contribution in [0.15, 0.2) is 46.9 Å². The highest BCUT2D eigenvalue weighted by Gasteiger charge is 2.23. The van der Waals surface area contributed by atoms with Crippen molar-refractivity contribution >= 4 is 27.7 Å². The molecule has 0 aliphatic carbocycles. The molecule has 0 radical (unpaired) electrons. The summed E-state index contributed by atoms with van der Waals surface area (Å²) in [5.74, 6) is 1.59. The number of hydrogen-bond donors (Lipinski definition) is 1. The molecule has 2 aromatic rings. The molecule has 0 spiro atoms. The molecule has 7 nitrogen and oxygen atoms in total. The van der Waals surface area contributed by atoms with Crippen LogP contribution in [0.25, 0.3) is 0 Å². The van der Waals surface area contributed by atoms with E-state index in [1.54, 1.807) is 34.1 Å². The molecule has 1 fully saturated rings. The van der Waals surface area contributed by atoms with Crippen molar-refractivity contribution in [3.8, 4) is 17.2 Å². The van der Waals surface area contributed by atoms with Crippen LogP contribution in [0, 0.1) is 6.92 Å². The first-order valence-electron chi connectivity index (χ1n) is 10.3. The van der Waals surface area contributed by atoms with Crippen LogP contribution in [0.3, 0.4) is 0 Å². The molecule has 8 heteroatoms. The number of hydrogen-bond acceptors (Lipinski definition) is 5. The van der Waals surface area contributed by atoms with E-state index in [9.17, 15) is 14.7 Å². The lowest BCUT2D eigenvalue weighted by Crippen LogP contribution is -2.51. The van der Waals surface area contributed by atoms with Gasteiger partial charge in [-0.1, -0.05) is 15.9 Å². The largest absolute Gasteiger partial charge is 0.508 e. The molecular formula is C23H27BrN2O5. The Hall–Kier alpha value is -2.74. The molecule has 1 heterocycles. The van der Waals surface area contributed by atoms with Crippen LogP contribution in [-0.2, 0) is 9.59 Å². The third-order valence-corrected chi connectivity index (χ3v) is 6.01.